The number of amides is 1. The Bertz CT molecular complexity index is 1070. The first-order chi connectivity index (χ1) is 13.3. The minimum absolute atomic E-state index is 0.122. The number of nitrogens with zero attached hydrogens (tertiary/aromatic N) is 2. The van der Waals surface area contributed by atoms with Gasteiger partial charge in [0, 0.05) is 27.1 Å². The number of carbonyl (C=O) groups is 1. The fourth-order valence-corrected chi connectivity index (χ4v) is 3.90. The molecule has 3 aromatic rings. The van der Waals surface area contributed by atoms with Crippen molar-refractivity contribution in [3.8, 4) is 11.4 Å². The van der Waals surface area contributed by atoms with Gasteiger partial charge in [-0.25, -0.2) is 5.43 Å². The molecule has 2 aromatic carbocycles. The van der Waals surface area contributed by atoms with Crippen molar-refractivity contribution < 1.29 is 9.90 Å². The predicted octanol–water partition coefficient (Wildman–Crippen LogP) is 5.63. The molecule has 8 heteroatoms. The monoisotopic (exact) mass is 479 g/mol. The maximum absolute atomic E-state index is 12.4. The third-order valence-electron chi connectivity index (χ3n) is 4.15. The molecule has 0 bridgehead atoms. The molecule has 0 radical (unpaired) electrons. The van der Waals surface area contributed by atoms with E-state index in [9.17, 15) is 9.90 Å². The summed E-state index contributed by atoms with van der Waals surface area (Å²) in [7, 11) is 0. The van der Waals surface area contributed by atoms with Gasteiger partial charge >= 0.3 is 0 Å². The number of aromatic hydroxyl groups is 1. The molecule has 1 heterocycles. The van der Waals surface area contributed by atoms with Crippen molar-refractivity contribution in [1.29, 1.82) is 0 Å². The number of hydrogen-bond donors (Lipinski definition) is 2. The van der Waals surface area contributed by atoms with E-state index in [1.165, 1.54) is 6.21 Å². The zero-order chi connectivity index (χ0) is 20.4. The largest absolute Gasteiger partial charge is 0.506 e. The first kappa shape index (κ1) is 20.5. The van der Waals surface area contributed by atoms with Crippen molar-refractivity contribution >= 4 is 51.3 Å². The molecule has 5 nitrogen and oxygen atoms in total. The quantitative estimate of drug-likeness (QED) is 0.375. The van der Waals surface area contributed by atoms with Gasteiger partial charge in [-0.1, -0.05) is 39.1 Å². The molecule has 0 fully saturated rings. The lowest BCUT2D eigenvalue weighted by Gasteiger charge is -2.11. The number of phenols is 1. The smallest absolute Gasteiger partial charge is 0.272 e. The van der Waals surface area contributed by atoms with Gasteiger partial charge in [-0.2, -0.15) is 5.10 Å². The summed E-state index contributed by atoms with van der Waals surface area (Å²) in [6.45, 7) is 4.00. The number of rotatable bonds is 4. The molecule has 1 aromatic heterocycles. The van der Waals surface area contributed by atoms with Crippen molar-refractivity contribution in [3.63, 3.8) is 0 Å². The van der Waals surface area contributed by atoms with E-state index < -0.39 is 5.91 Å². The van der Waals surface area contributed by atoms with E-state index in [0.717, 1.165) is 17.1 Å². The summed E-state index contributed by atoms with van der Waals surface area (Å²) < 4.78 is 2.73. The Kier molecular flexibility index (Phi) is 6.13. The van der Waals surface area contributed by atoms with E-state index in [0.29, 0.717) is 20.6 Å². The van der Waals surface area contributed by atoms with Crippen LogP contribution in [0.4, 0.5) is 0 Å². The Morgan fingerprint density at radius 2 is 1.79 bits per heavy atom. The maximum Gasteiger partial charge on any atom is 0.272 e. The Morgan fingerprint density at radius 1 is 1.11 bits per heavy atom. The highest BCUT2D eigenvalue weighted by atomic mass is 79.9. The van der Waals surface area contributed by atoms with Crippen LogP contribution in [-0.2, 0) is 0 Å². The number of aryl methyl sites for hydroxylation is 2. The first-order valence-electron chi connectivity index (χ1n) is 8.24. The maximum atomic E-state index is 12.4. The molecule has 0 saturated carbocycles. The molecule has 0 atom stereocenters. The number of phenolic OH excluding ortho intramolecular Hbond substituents is 1. The van der Waals surface area contributed by atoms with E-state index in [1.807, 2.05) is 36.6 Å². The normalized spacial score (nSPS) is 11.2. The number of hydrazone groups is 1. The van der Waals surface area contributed by atoms with Gasteiger partial charge in [0.1, 0.15) is 5.75 Å². The number of benzene rings is 2. The Balaban J connectivity index is 1.78. The molecule has 2 N–H and O–H groups in total. The second-order valence-electron chi connectivity index (χ2n) is 6.14. The number of hydrogen-bond acceptors (Lipinski definition) is 3. The second kappa shape index (κ2) is 8.39. The third kappa shape index (κ3) is 4.24. The van der Waals surface area contributed by atoms with Gasteiger partial charge in [-0.05, 0) is 56.3 Å². The number of aromatic nitrogens is 1. The van der Waals surface area contributed by atoms with Gasteiger partial charge in [-0.15, -0.1) is 0 Å². The third-order valence-corrected chi connectivity index (χ3v) is 5.21. The molecule has 28 heavy (non-hydrogen) atoms. The highest BCUT2D eigenvalue weighted by Crippen LogP contribution is 2.30. The summed E-state index contributed by atoms with van der Waals surface area (Å²) in [6, 6.07) is 12.4. The van der Waals surface area contributed by atoms with Crippen molar-refractivity contribution in [2.75, 3.05) is 0 Å². The summed E-state index contributed by atoms with van der Waals surface area (Å²) in [6.07, 6.45) is 1.30. The molecule has 0 unspecified atom stereocenters. The lowest BCUT2D eigenvalue weighted by molar-refractivity contribution is 0.0955. The van der Waals surface area contributed by atoms with Gasteiger partial charge in [0.2, 0.25) is 0 Å². The van der Waals surface area contributed by atoms with Gasteiger partial charge in [0.05, 0.1) is 21.8 Å². The molecule has 0 spiro atoms. The minimum atomic E-state index is -0.464. The van der Waals surface area contributed by atoms with Crippen LogP contribution in [0.5, 0.6) is 5.75 Å². The summed E-state index contributed by atoms with van der Waals surface area (Å²) in [5.74, 6) is -0.586. The number of nitrogens with one attached hydrogen (secondary N) is 1. The standard InChI is InChI=1S/C20H16BrCl2N3O2/c1-11-3-4-12(2)26(11)15-5-6-16(17(22)9-15)20(28)25-24-10-13-7-14(21)8-18(23)19(13)27/h3-10,27H,1-2H3,(H,25,28)/b24-10+. The number of halogens is 3. The first-order valence-corrected chi connectivity index (χ1v) is 9.79. The summed E-state index contributed by atoms with van der Waals surface area (Å²) in [5.41, 5.74) is 6.07. The van der Waals surface area contributed by atoms with Gasteiger partial charge < -0.3 is 9.67 Å². The van der Waals surface area contributed by atoms with Gasteiger partial charge in [0.15, 0.2) is 0 Å². The van der Waals surface area contributed by atoms with Crippen LogP contribution in [0.1, 0.15) is 27.3 Å². The van der Waals surface area contributed by atoms with Crippen LogP contribution >= 0.6 is 39.1 Å². The topological polar surface area (TPSA) is 66.6 Å². The molecule has 0 aliphatic heterocycles. The fourth-order valence-electron chi connectivity index (χ4n) is 2.81. The van der Waals surface area contributed by atoms with Crippen LogP contribution in [0.3, 0.4) is 0 Å². The van der Waals surface area contributed by atoms with Crippen LogP contribution in [-0.4, -0.2) is 21.8 Å². The summed E-state index contributed by atoms with van der Waals surface area (Å²) in [4.78, 5) is 12.4. The van der Waals surface area contributed by atoms with Crippen LogP contribution in [0.2, 0.25) is 10.0 Å². The zero-order valence-corrected chi connectivity index (χ0v) is 18.1. The molecular weight excluding hydrogens is 465 g/mol. The SMILES string of the molecule is Cc1ccc(C)n1-c1ccc(C(=O)N/N=C/c2cc(Br)cc(Cl)c2O)c(Cl)c1. The van der Waals surface area contributed by atoms with Crippen LogP contribution in [0, 0.1) is 13.8 Å². The molecule has 0 aliphatic rings. The average molecular weight is 481 g/mol. The predicted molar refractivity (Wildman–Crippen MR) is 116 cm³/mol. The van der Waals surface area contributed by atoms with Crippen LogP contribution < -0.4 is 5.43 Å². The summed E-state index contributed by atoms with van der Waals surface area (Å²) >= 11 is 15.5. The molecule has 144 valence electrons. The molecule has 0 aliphatic carbocycles. The van der Waals surface area contributed by atoms with E-state index in [-0.39, 0.29) is 10.8 Å². The molecule has 3 rings (SSSR count). The fraction of sp³-hybridized carbons (Fsp3) is 0.100. The molecule has 0 saturated heterocycles. The average Bonchev–Trinajstić information content (AvgIpc) is 2.97. The molecule has 1 amide bonds. The Labute approximate surface area is 180 Å². The van der Waals surface area contributed by atoms with E-state index in [2.05, 4.69) is 26.5 Å². The van der Waals surface area contributed by atoms with Crippen molar-refractivity contribution in [1.82, 2.24) is 9.99 Å². The van der Waals surface area contributed by atoms with Gasteiger partial charge in [-0.3, -0.25) is 4.79 Å². The van der Waals surface area contributed by atoms with E-state index >= 15 is 0 Å². The highest BCUT2D eigenvalue weighted by molar-refractivity contribution is 9.10. The van der Waals surface area contributed by atoms with E-state index in [4.69, 9.17) is 23.2 Å². The highest BCUT2D eigenvalue weighted by Gasteiger charge is 2.13. The lowest BCUT2D eigenvalue weighted by atomic mass is 10.2. The Morgan fingerprint density at radius 3 is 2.43 bits per heavy atom. The van der Waals surface area contributed by atoms with Crippen molar-refractivity contribution in [2.45, 2.75) is 13.8 Å². The van der Waals surface area contributed by atoms with Crippen LogP contribution in [0.25, 0.3) is 5.69 Å². The van der Waals surface area contributed by atoms with Crippen molar-refractivity contribution in [2.24, 2.45) is 5.10 Å². The second-order valence-corrected chi connectivity index (χ2v) is 7.87. The number of carbonyl (C=O) groups excluding carboxylic acids is 1. The lowest BCUT2D eigenvalue weighted by Crippen LogP contribution is -2.18. The van der Waals surface area contributed by atoms with Crippen LogP contribution in [0.15, 0.2) is 52.0 Å². The van der Waals surface area contributed by atoms with E-state index in [1.54, 1.807) is 24.3 Å². The summed E-state index contributed by atoms with van der Waals surface area (Å²) in [5, 5.41) is 14.3. The van der Waals surface area contributed by atoms with Gasteiger partial charge in [0.25, 0.3) is 5.91 Å². The molecular formula is C20H16BrCl2N3O2. The minimum Gasteiger partial charge on any atom is -0.506 e. The van der Waals surface area contributed by atoms with Crippen molar-refractivity contribution in [3.05, 3.63) is 79.5 Å². The zero-order valence-electron chi connectivity index (χ0n) is 15.0. The Hall–Kier alpha value is -2.28.